The molecule has 26 heavy (non-hydrogen) atoms. The van der Waals surface area contributed by atoms with Gasteiger partial charge in [0.1, 0.15) is 0 Å². The maximum atomic E-state index is 12.1. The number of halogens is 1. The van der Waals surface area contributed by atoms with Crippen LogP contribution in [-0.4, -0.2) is 29.4 Å². The van der Waals surface area contributed by atoms with Crippen LogP contribution in [0.2, 0.25) is 5.02 Å². The number of cyclic esters (lactones) is 1. The highest BCUT2D eigenvalue weighted by molar-refractivity contribution is 6.31. The van der Waals surface area contributed by atoms with Crippen molar-refractivity contribution in [2.24, 2.45) is 4.99 Å². The third-order valence-electron chi connectivity index (χ3n) is 3.93. The Hall–Kier alpha value is -2.86. The van der Waals surface area contributed by atoms with Crippen LogP contribution >= 0.6 is 11.6 Å². The number of nitrogens with one attached hydrogen (secondary N) is 1. The molecule has 0 bridgehead atoms. The van der Waals surface area contributed by atoms with Crippen LogP contribution in [-0.2, 0) is 14.3 Å². The minimum absolute atomic E-state index is 0.139. The van der Waals surface area contributed by atoms with Crippen LogP contribution in [0, 0.1) is 13.8 Å². The Balaban J connectivity index is 1.96. The van der Waals surface area contributed by atoms with E-state index in [1.54, 1.807) is 51.1 Å². The second-order valence-corrected chi connectivity index (χ2v) is 6.17. The van der Waals surface area contributed by atoms with Gasteiger partial charge in [0.05, 0.1) is 12.2 Å². The highest BCUT2D eigenvalue weighted by atomic mass is 35.5. The molecule has 0 fully saturated rings. The third-order valence-corrected chi connectivity index (χ3v) is 4.16. The van der Waals surface area contributed by atoms with Crippen molar-refractivity contribution in [2.45, 2.75) is 20.8 Å². The van der Waals surface area contributed by atoms with Gasteiger partial charge in [0, 0.05) is 22.0 Å². The molecule has 0 radical (unpaired) electrons. The fourth-order valence-electron chi connectivity index (χ4n) is 2.72. The Morgan fingerprint density at radius 3 is 2.85 bits per heavy atom. The van der Waals surface area contributed by atoms with Crippen molar-refractivity contribution in [3.63, 3.8) is 0 Å². The van der Waals surface area contributed by atoms with E-state index in [-0.39, 0.29) is 11.6 Å². The van der Waals surface area contributed by atoms with Crippen LogP contribution in [0.1, 0.15) is 39.8 Å². The number of aryl methyl sites for hydroxylation is 1. The minimum atomic E-state index is -0.565. The Bertz CT molecular complexity index is 956. The zero-order chi connectivity index (χ0) is 18.8. The van der Waals surface area contributed by atoms with Gasteiger partial charge in [0.25, 0.3) is 0 Å². The van der Waals surface area contributed by atoms with E-state index < -0.39 is 11.9 Å². The number of hydrogen-bond acceptors (Lipinski definition) is 5. The van der Waals surface area contributed by atoms with E-state index in [9.17, 15) is 9.59 Å². The number of ether oxygens (including phenoxy) is 2. The van der Waals surface area contributed by atoms with Crippen molar-refractivity contribution < 1.29 is 19.1 Å². The average molecular weight is 373 g/mol. The number of esters is 2. The smallest absolute Gasteiger partial charge is 0.363 e. The molecular formula is C19H17ClN2O4. The monoisotopic (exact) mass is 372 g/mol. The molecule has 1 aromatic heterocycles. The average Bonchev–Trinajstić information content (AvgIpc) is 3.08. The molecule has 7 heteroatoms. The number of benzene rings is 1. The molecule has 0 saturated heterocycles. The Labute approximate surface area is 155 Å². The van der Waals surface area contributed by atoms with Crippen molar-refractivity contribution in [1.29, 1.82) is 0 Å². The van der Waals surface area contributed by atoms with E-state index in [0.29, 0.717) is 39.7 Å². The first-order chi connectivity index (χ1) is 12.4. The van der Waals surface area contributed by atoms with Crippen molar-refractivity contribution in [3.05, 3.63) is 63.1 Å². The maximum Gasteiger partial charge on any atom is 0.363 e. The predicted molar refractivity (Wildman–Crippen MR) is 98.3 cm³/mol. The summed E-state index contributed by atoms with van der Waals surface area (Å²) in [6, 6.07) is 6.89. The van der Waals surface area contributed by atoms with Gasteiger partial charge in [-0.15, -0.1) is 0 Å². The van der Waals surface area contributed by atoms with E-state index in [1.807, 2.05) is 0 Å². The van der Waals surface area contributed by atoms with Crippen LogP contribution in [0.5, 0.6) is 0 Å². The molecule has 1 aliphatic rings. The number of aliphatic imine (C=N–C) groups is 1. The van der Waals surface area contributed by atoms with Gasteiger partial charge < -0.3 is 14.5 Å². The van der Waals surface area contributed by atoms with Crippen LogP contribution in [0.15, 0.2) is 35.0 Å². The van der Waals surface area contributed by atoms with Gasteiger partial charge in [0.2, 0.25) is 5.90 Å². The van der Waals surface area contributed by atoms with Crippen molar-refractivity contribution in [2.75, 3.05) is 6.61 Å². The lowest BCUT2D eigenvalue weighted by atomic mass is 10.1. The second-order valence-electron chi connectivity index (χ2n) is 5.73. The fourth-order valence-corrected chi connectivity index (χ4v) is 2.91. The summed E-state index contributed by atoms with van der Waals surface area (Å²) in [6.45, 7) is 5.59. The lowest BCUT2D eigenvalue weighted by Gasteiger charge is -2.01. The van der Waals surface area contributed by atoms with Crippen LogP contribution in [0.3, 0.4) is 0 Å². The summed E-state index contributed by atoms with van der Waals surface area (Å²) in [6.07, 6.45) is 1.56. The zero-order valence-electron chi connectivity index (χ0n) is 14.6. The molecule has 0 aliphatic carbocycles. The number of carbonyl (C=O) groups is 2. The standard InChI is InChI=1S/C19H17ClN2O4/c1-4-25-19(24)16-10(2)14(21-11(16)3)9-15-18(23)26-17(22-15)12-6-5-7-13(20)8-12/h5-9,21H,4H2,1-3H3/b15-9-. The lowest BCUT2D eigenvalue weighted by molar-refractivity contribution is -0.129. The van der Waals surface area contributed by atoms with Crippen LogP contribution in [0.4, 0.5) is 0 Å². The van der Waals surface area contributed by atoms with Gasteiger partial charge in [-0.05, 0) is 50.6 Å². The number of hydrogen-bond donors (Lipinski definition) is 1. The van der Waals surface area contributed by atoms with E-state index >= 15 is 0 Å². The first-order valence-corrected chi connectivity index (χ1v) is 8.43. The zero-order valence-corrected chi connectivity index (χ0v) is 15.3. The molecule has 134 valence electrons. The van der Waals surface area contributed by atoms with E-state index in [2.05, 4.69) is 9.98 Å². The summed E-state index contributed by atoms with van der Waals surface area (Å²) in [5.41, 5.74) is 3.17. The SMILES string of the molecule is CCOC(=O)c1c(C)[nH]c(/C=C2\N=C(c3cccc(Cl)c3)OC2=O)c1C. The molecule has 1 aliphatic heterocycles. The number of aromatic amines is 1. The molecule has 0 spiro atoms. The van der Waals surface area contributed by atoms with Crippen molar-refractivity contribution in [3.8, 4) is 0 Å². The molecule has 2 aromatic rings. The Morgan fingerprint density at radius 1 is 1.38 bits per heavy atom. The second kappa shape index (κ2) is 7.17. The quantitative estimate of drug-likeness (QED) is 0.653. The van der Waals surface area contributed by atoms with Crippen LogP contribution < -0.4 is 0 Å². The molecule has 1 N–H and O–H groups in total. The molecule has 6 nitrogen and oxygen atoms in total. The van der Waals surface area contributed by atoms with Gasteiger partial charge in [0.15, 0.2) is 5.70 Å². The van der Waals surface area contributed by atoms with E-state index in [4.69, 9.17) is 21.1 Å². The number of H-pyrrole nitrogens is 1. The molecule has 0 unspecified atom stereocenters. The molecule has 0 amide bonds. The molecule has 0 atom stereocenters. The predicted octanol–water partition coefficient (Wildman–Crippen LogP) is 3.81. The summed E-state index contributed by atoms with van der Waals surface area (Å²) in [7, 11) is 0. The number of carbonyl (C=O) groups excluding carboxylic acids is 2. The summed E-state index contributed by atoms with van der Waals surface area (Å²) in [4.78, 5) is 31.6. The largest absolute Gasteiger partial charge is 0.462 e. The molecule has 0 saturated carbocycles. The van der Waals surface area contributed by atoms with E-state index in [0.717, 1.165) is 0 Å². The van der Waals surface area contributed by atoms with Crippen molar-refractivity contribution in [1.82, 2.24) is 4.98 Å². The third kappa shape index (κ3) is 3.41. The van der Waals surface area contributed by atoms with Gasteiger partial charge >= 0.3 is 11.9 Å². The summed E-state index contributed by atoms with van der Waals surface area (Å²) < 4.78 is 10.3. The summed E-state index contributed by atoms with van der Waals surface area (Å²) in [5.74, 6) is -0.778. The molecular weight excluding hydrogens is 356 g/mol. The van der Waals surface area contributed by atoms with Crippen molar-refractivity contribution >= 4 is 35.5 Å². The van der Waals surface area contributed by atoms with Gasteiger partial charge in [-0.25, -0.2) is 14.6 Å². The number of nitrogens with zero attached hydrogens (tertiary/aromatic N) is 1. The lowest BCUT2D eigenvalue weighted by Crippen LogP contribution is -2.06. The first-order valence-electron chi connectivity index (χ1n) is 8.05. The minimum Gasteiger partial charge on any atom is -0.462 e. The Kier molecular flexibility index (Phi) is 4.95. The summed E-state index contributed by atoms with van der Waals surface area (Å²) >= 11 is 5.96. The van der Waals surface area contributed by atoms with Crippen LogP contribution in [0.25, 0.3) is 6.08 Å². The number of rotatable bonds is 4. The maximum absolute atomic E-state index is 12.1. The highest BCUT2D eigenvalue weighted by Crippen LogP contribution is 2.24. The highest BCUT2D eigenvalue weighted by Gasteiger charge is 2.26. The summed E-state index contributed by atoms with van der Waals surface area (Å²) in [5, 5.41) is 0.522. The normalized spacial score (nSPS) is 15.2. The fraction of sp³-hybridized carbons (Fsp3) is 0.211. The molecule has 1 aromatic carbocycles. The van der Waals surface area contributed by atoms with Gasteiger partial charge in [-0.2, -0.15) is 0 Å². The van der Waals surface area contributed by atoms with Gasteiger partial charge in [-0.1, -0.05) is 17.7 Å². The molecule has 3 rings (SSSR count). The Morgan fingerprint density at radius 2 is 2.15 bits per heavy atom. The van der Waals surface area contributed by atoms with E-state index in [1.165, 1.54) is 0 Å². The molecule has 2 heterocycles. The number of aromatic nitrogens is 1. The topological polar surface area (TPSA) is 80.8 Å². The van der Waals surface area contributed by atoms with Gasteiger partial charge in [-0.3, -0.25) is 0 Å². The first kappa shape index (κ1) is 17.9.